The summed E-state index contributed by atoms with van der Waals surface area (Å²) in [5.74, 6) is -0.0116. The molecule has 1 aromatic rings. The van der Waals surface area contributed by atoms with Crippen LogP contribution in [0, 0.1) is 6.92 Å². The van der Waals surface area contributed by atoms with Crippen molar-refractivity contribution in [3.05, 3.63) is 28.8 Å². The van der Waals surface area contributed by atoms with Crippen LogP contribution < -0.4 is 10.6 Å². The maximum atomic E-state index is 12.2. The topological polar surface area (TPSA) is 41.1 Å². The van der Waals surface area contributed by atoms with Crippen LogP contribution in [-0.2, 0) is 4.79 Å². The van der Waals surface area contributed by atoms with Gasteiger partial charge in [0.15, 0.2) is 0 Å². The highest BCUT2D eigenvalue weighted by molar-refractivity contribution is 6.34. The third-order valence-corrected chi connectivity index (χ3v) is 3.81. The van der Waals surface area contributed by atoms with Crippen molar-refractivity contribution in [2.24, 2.45) is 0 Å². The number of amides is 1. The molecule has 17 heavy (non-hydrogen) atoms. The van der Waals surface area contributed by atoms with Gasteiger partial charge < -0.3 is 10.6 Å². The Morgan fingerprint density at radius 2 is 2.29 bits per heavy atom. The van der Waals surface area contributed by atoms with Gasteiger partial charge in [-0.15, -0.1) is 0 Å². The maximum absolute atomic E-state index is 12.2. The van der Waals surface area contributed by atoms with E-state index in [4.69, 9.17) is 11.6 Å². The number of carbonyl (C=O) groups excluding carboxylic acids is 1. The minimum atomic E-state index is -0.465. The molecule has 1 aliphatic heterocycles. The fourth-order valence-electron chi connectivity index (χ4n) is 2.09. The van der Waals surface area contributed by atoms with Crippen LogP contribution in [0.1, 0.15) is 25.3 Å². The summed E-state index contributed by atoms with van der Waals surface area (Å²) in [5.41, 5.74) is 1.19. The normalized spacial score (nSPS) is 23.7. The molecule has 0 spiro atoms. The van der Waals surface area contributed by atoms with Crippen molar-refractivity contribution in [2.45, 2.75) is 32.2 Å². The van der Waals surface area contributed by atoms with Crippen molar-refractivity contribution in [2.75, 3.05) is 11.9 Å². The summed E-state index contributed by atoms with van der Waals surface area (Å²) >= 11 is 6.15. The number of hydrogen-bond acceptors (Lipinski definition) is 2. The number of nitrogens with one attached hydrogen (secondary N) is 2. The molecule has 1 unspecified atom stereocenters. The third-order valence-electron chi connectivity index (χ3n) is 3.31. The summed E-state index contributed by atoms with van der Waals surface area (Å²) in [6.07, 6.45) is 1.90. The zero-order chi connectivity index (χ0) is 12.5. The predicted octanol–water partition coefficient (Wildman–Crippen LogP) is 2.73. The molecule has 0 radical (unpaired) electrons. The highest BCUT2D eigenvalue weighted by Gasteiger charge is 2.36. The minimum absolute atomic E-state index is 0.0116. The fourth-order valence-corrected chi connectivity index (χ4v) is 2.27. The Balaban J connectivity index is 2.16. The fraction of sp³-hybridized carbons (Fsp3) is 0.462. The Morgan fingerprint density at radius 1 is 1.53 bits per heavy atom. The van der Waals surface area contributed by atoms with Gasteiger partial charge in [-0.2, -0.15) is 0 Å². The van der Waals surface area contributed by atoms with Crippen LogP contribution in [-0.4, -0.2) is 18.0 Å². The smallest absolute Gasteiger partial charge is 0.244 e. The van der Waals surface area contributed by atoms with Crippen LogP contribution >= 0.6 is 11.6 Å². The van der Waals surface area contributed by atoms with E-state index in [2.05, 4.69) is 10.6 Å². The van der Waals surface area contributed by atoms with Gasteiger partial charge in [0.05, 0.1) is 16.2 Å². The predicted molar refractivity (Wildman–Crippen MR) is 70.5 cm³/mol. The Kier molecular flexibility index (Phi) is 3.40. The van der Waals surface area contributed by atoms with Gasteiger partial charge in [-0.05, 0) is 44.9 Å². The van der Waals surface area contributed by atoms with E-state index in [-0.39, 0.29) is 5.91 Å². The summed E-state index contributed by atoms with van der Waals surface area (Å²) in [4.78, 5) is 12.2. The van der Waals surface area contributed by atoms with Crippen LogP contribution in [0.5, 0.6) is 0 Å². The summed E-state index contributed by atoms with van der Waals surface area (Å²) in [7, 11) is 0. The molecule has 0 bridgehead atoms. The van der Waals surface area contributed by atoms with Gasteiger partial charge in [-0.1, -0.05) is 23.7 Å². The molecular formula is C13H17ClN2O. The van der Waals surface area contributed by atoms with Crippen molar-refractivity contribution >= 4 is 23.2 Å². The number of halogens is 1. The molecule has 1 amide bonds. The van der Waals surface area contributed by atoms with Crippen molar-refractivity contribution in [1.29, 1.82) is 0 Å². The maximum Gasteiger partial charge on any atom is 0.244 e. The second kappa shape index (κ2) is 4.67. The summed E-state index contributed by atoms with van der Waals surface area (Å²) in [5, 5.41) is 6.75. The Hall–Kier alpha value is -1.06. The zero-order valence-electron chi connectivity index (χ0n) is 10.1. The van der Waals surface area contributed by atoms with Crippen LogP contribution in [0.25, 0.3) is 0 Å². The van der Waals surface area contributed by atoms with Gasteiger partial charge >= 0.3 is 0 Å². The zero-order valence-corrected chi connectivity index (χ0v) is 10.9. The number of benzene rings is 1. The van der Waals surface area contributed by atoms with E-state index in [1.165, 1.54) is 0 Å². The number of rotatable bonds is 2. The first kappa shape index (κ1) is 12.4. The second-order valence-electron chi connectivity index (χ2n) is 4.75. The first-order valence-electron chi connectivity index (χ1n) is 5.84. The quantitative estimate of drug-likeness (QED) is 0.850. The van der Waals surface area contributed by atoms with Crippen molar-refractivity contribution < 1.29 is 4.79 Å². The van der Waals surface area contributed by atoms with Crippen molar-refractivity contribution in [1.82, 2.24) is 5.32 Å². The van der Waals surface area contributed by atoms with E-state index in [1.807, 2.05) is 32.0 Å². The molecule has 92 valence electrons. The largest absolute Gasteiger partial charge is 0.323 e. The Bertz CT molecular complexity index is 439. The molecule has 4 heteroatoms. The average Bonchev–Trinajstić information content (AvgIpc) is 2.73. The second-order valence-corrected chi connectivity index (χ2v) is 5.13. The van der Waals surface area contributed by atoms with E-state index < -0.39 is 5.54 Å². The van der Waals surface area contributed by atoms with Crippen LogP contribution in [0.2, 0.25) is 5.02 Å². The molecule has 0 aromatic heterocycles. The van der Waals surface area contributed by atoms with E-state index in [0.717, 1.165) is 24.9 Å². The minimum Gasteiger partial charge on any atom is -0.323 e. The van der Waals surface area contributed by atoms with E-state index in [0.29, 0.717) is 10.7 Å². The summed E-state index contributed by atoms with van der Waals surface area (Å²) in [6.45, 7) is 4.75. The number of hydrogen-bond donors (Lipinski definition) is 2. The van der Waals surface area contributed by atoms with Gasteiger partial charge in [-0.3, -0.25) is 4.79 Å². The Labute approximate surface area is 107 Å². The number of anilines is 1. The molecule has 1 aliphatic rings. The molecule has 1 heterocycles. The van der Waals surface area contributed by atoms with E-state index >= 15 is 0 Å². The molecule has 1 saturated heterocycles. The van der Waals surface area contributed by atoms with Gasteiger partial charge in [0.25, 0.3) is 0 Å². The van der Waals surface area contributed by atoms with Crippen LogP contribution in [0.3, 0.4) is 0 Å². The number of carbonyl (C=O) groups is 1. The lowest BCUT2D eigenvalue weighted by Gasteiger charge is -2.23. The number of aryl methyl sites for hydroxylation is 1. The van der Waals surface area contributed by atoms with E-state index in [1.54, 1.807) is 0 Å². The first-order valence-corrected chi connectivity index (χ1v) is 6.22. The molecule has 2 N–H and O–H groups in total. The molecule has 1 aromatic carbocycles. The van der Waals surface area contributed by atoms with Crippen LogP contribution in [0.15, 0.2) is 18.2 Å². The molecule has 1 atom stereocenters. The molecule has 1 fully saturated rings. The highest BCUT2D eigenvalue weighted by Crippen LogP contribution is 2.27. The lowest BCUT2D eigenvalue weighted by Crippen LogP contribution is -2.48. The molecule has 0 aliphatic carbocycles. The third kappa shape index (κ3) is 2.45. The van der Waals surface area contributed by atoms with Crippen molar-refractivity contribution in [3.8, 4) is 0 Å². The summed E-state index contributed by atoms with van der Waals surface area (Å²) in [6, 6.07) is 5.64. The van der Waals surface area contributed by atoms with Crippen molar-refractivity contribution in [3.63, 3.8) is 0 Å². The molecule has 3 nitrogen and oxygen atoms in total. The highest BCUT2D eigenvalue weighted by atomic mass is 35.5. The molecule has 0 saturated carbocycles. The van der Waals surface area contributed by atoms with E-state index in [9.17, 15) is 4.79 Å². The standard InChI is InChI=1S/C13H17ClN2O/c1-9-5-3-6-10(11(9)14)16-12(17)13(2)7-4-8-15-13/h3,5-6,15H,4,7-8H2,1-2H3,(H,16,17). The van der Waals surface area contributed by atoms with Gasteiger partial charge in [-0.25, -0.2) is 0 Å². The lowest BCUT2D eigenvalue weighted by molar-refractivity contribution is -0.121. The molecule has 2 rings (SSSR count). The van der Waals surface area contributed by atoms with Crippen LogP contribution in [0.4, 0.5) is 5.69 Å². The first-order chi connectivity index (χ1) is 8.03. The Morgan fingerprint density at radius 3 is 2.94 bits per heavy atom. The van der Waals surface area contributed by atoms with Gasteiger partial charge in [0.2, 0.25) is 5.91 Å². The SMILES string of the molecule is Cc1cccc(NC(=O)C2(C)CCCN2)c1Cl. The lowest BCUT2D eigenvalue weighted by atomic mass is 9.99. The molecular weight excluding hydrogens is 236 g/mol. The summed E-state index contributed by atoms with van der Waals surface area (Å²) < 4.78 is 0. The average molecular weight is 253 g/mol. The van der Waals surface area contributed by atoms with Gasteiger partial charge in [0.1, 0.15) is 0 Å². The monoisotopic (exact) mass is 252 g/mol. The van der Waals surface area contributed by atoms with Gasteiger partial charge in [0, 0.05) is 0 Å².